The molecular weight excluding hydrogens is 278 g/mol. The Hall–Kier alpha value is -1.73. The molecule has 2 rings (SSSR count). The molecule has 0 saturated carbocycles. The van der Waals surface area contributed by atoms with Gasteiger partial charge in [0.05, 0.1) is 4.91 Å². The number of carbonyl (C=O) groups excluding carboxylic acids is 2. The molecule has 6 nitrogen and oxygen atoms in total. The van der Waals surface area contributed by atoms with Crippen LogP contribution < -0.4 is 10.8 Å². The summed E-state index contributed by atoms with van der Waals surface area (Å²) in [5, 5.41) is 11.6. The van der Waals surface area contributed by atoms with E-state index in [0.717, 1.165) is 0 Å². The zero-order valence-electron chi connectivity index (χ0n) is 11.3. The first-order valence-corrected chi connectivity index (χ1v) is 7.14. The van der Waals surface area contributed by atoms with Crippen LogP contribution >= 0.6 is 11.8 Å². The SMILES string of the molecule is C[C@@H](NC(=O)c1cccn1C)C1CC=C(C(=O)NO)S1. The highest BCUT2D eigenvalue weighted by Crippen LogP contribution is 2.34. The molecule has 2 amide bonds. The lowest BCUT2D eigenvalue weighted by molar-refractivity contribution is -0.124. The van der Waals surface area contributed by atoms with Gasteiger partial charge in [0.2, 0.25) is 0 Å². The first-order chi connectivity index (χ1) is 9.52. The molecule has 0 aliphatic carbocycles. The molecule has 2 heterocycles. The van der Waals surface area contributed by atoms with E-state index >= 15 is 0 Å². The summed E-state index contributed by atoms with van der Waals surface area (Å²) < 4.78 is 1.76. The number of rotatable bonds is 4. The third kappa shape index (κ3) is 3.05. The Balaban J connectivity index is 1.91. The number of hydroxylamine groups is 1. The molecule has 1 unspecified atom stereocenters. The zero-order chi connectivity index (χ0) is 14.7. The van der Waals surface area contributed by atoms with Crippen LogP contribution in [0.5, 0.6) is 0 Å². The molecular formula is C13H17N3O3S. The molecule has 108 valence electrons. The number of amides is 2. The fourth-order valence-corrected chi connectivity index (χ4v) is 3.20. The standard InChI is InChI=1S/C13H17N3O3S/c1-8(10-5-6-11(20-10)13(18)15-19)14-12(17)9-4-3-7-16(9)2/h3-4,6-8,10,19H,5H2,1-2H3,(H,14,17)(H,15,18)/t8-,10?/m1/s1. The van der Waals surface area contributed by atoms with Gasteiger partial charge in [0.15, 0.2) is 0 Å². The van der Waals surface area contributed by atoms with Crippen LogP contribution in [-0.4, -0.2) is 32.9 Å². The summed E-state index contributed by atoms with van der Waals surface area (Å²) >= 11 is 1.36. The maximum Gasteiger partial charge on any atom is 0.280 e. The summed E-state index contributed by atoms with van der Waals surface area (Å²) in [5.74, 6) is -0.635. The fourth-order valence-electron chi connectivity index (χ4n) is 2.06. The van der Waals surface area contributed by atoms with E-state index in [1.165, 1.54) is 11.8 Å². The van der Waals surface area contributed by atoms with Crippen molar-refractivity contribution in [1.82, 2.24) is 15.4 Å². The molecule has 0 bridgehead atoms. The summed E-state index contributed by atoms with van der Waals surface area (Å²) in [6, 6.07) is 3.49. The number of carbonyl (C=O) groups is 2. The van der Waals surface area contributed by atoms with Crippen LogP contribution in [0.4, 0.5) is 0 Å². The first-order valence-electron chi connectivity index (χ1n) is 6.26. The van der Waals surface area contributed by atoms with Crippen molar-refractivity contribution >= 4 is 23.6 Å². The highest BCUT2D eigenvalue weighted by atomic mass is 32.2. The van der Waals surface area contributed by atoms with Gasteiger partial charge in [-0.25, -0.2) is 5.48 Å². The number of aromatic nitrogens is 1. The van der Waals surface area contributed by atoms with Gasteiger partial charge < -0.3 is 9.88 Å². The van der Waals surface area contributed by atoms with Crippen LogP contribution in [0.1, 0.15) is 23.8 Å². The number of thioether (sulfide) groups is 1. The van der Waals surface area contributed by atoms with Crippen molar-refractivity contribution in [2.45, 2.75) is 24.6 Å². The molecule has 0 aromatic carbocycles. The molecule has 1 aliphatic heterocycles. The lowest BCUT2D eigenvalue weighted by Gasteiger charge is -2.20. The van der Waals surface area contributed by atoms with Crippen LogP contribution in [0, 0.1) is 0 Å². The first kappa shape index (κ1) is 14.7. The van der Waals surface area contributed by atoms with Crippen molar-refractivity contribution < 1.29 is 14.8 Å². The second-order valence-corrected chi connectivity index (χ2v) is 5.95. The van der Waals surface area contributed by atoms with E-state index in [0.29, 0.717) is 17.0 Å². The van der Waals surface area contributed by atoms with E-state index in [1.807, 2.05) is 26.2 Å². The van der Waals surface area contributed by atoms with Crippen molar-refractivity contribution in [3.05, 3.63) is 35.0 Å². The molecule has 7 heteroatoms. The van der Waals surface area contributed by atoms with Gasteiger partial charge in [-0.05, 0) is 25.5 Å². The van der Waals surface area contributed by atoms with Crippen LogP contribution in [0.15, 0.2) is 29.3 Å². The molecule has 3 N–H and O–H groups in total. The Morgan fingerprint density at radius 2 is 2.25 bits per heavy atom. The average Bonchev–Trinajstić information content (AvgIpc) is 3.06. The monoisotopic (exact) mass is 295 g/mol. The summed E-state index contributed by atoms with van der Waals surface area (Å²) in [4.78, 5) is 23.9. The van der Waals surface area contributed by atoms with Crippen molar-refractivity contribution in [3.8, 4) is 0 Å². The van der Waals surface area contributed by atoms with Gasteiger partial charge >= 0.3 is 0 Å². The maximum absolute atomic E-state index is 12.1. The molecule has 0 spiro atoms. The topological polar surface area (TPSA) is 83.4 Å². The van der Waals surface area contributed by atoms with E-state index < -0.39 is 5.91 Å². The van der Waals surface area contributed by atoms with Gasteiger partial charge in [0, 0.05) is 24.5 Å². The largest absolute Gasteiger partial charge is 0.347 e. The van der Waals surface area contributed by atoms with Crippen LogP contribution in [0.2, 0.25) is 0 Å². The predicted molar refractivity (Wildman–Crippen MR) is 76.3 cm³/mol. The molecule has 1 aromatic heterocycles. The van der Waals surface area contributed by atoms with E-state index in [2.05, 4.69) is 5.32 Å². The van der Waals surface area contributed by atoms with Crippen LogP contribution in [0.25, 0.3) is 0 Å². The maximum atomic E-state index is 12.1. The summed E-state index contributed by atoms with van der Waals surface area (Å²) in [7, 11) is 1.81. The fraction of sp³-hybridized carbons (Fsp3) is 0.385. The highest BCUT2D eigenvalue weighted by Gasteiger charge is 2.28. The number of nitrogens with one attached hydrogen (secondary N) is 2. The number of aryl methyl sites for hydroxylation is 1. The molecule has 1 aromatic rings. The molecule has 1 aliphatic rings. The van der Waals surface area contributed by atoms with E-state index in [1.54, 1.807) is 22.2 Å². The second kappa shape index (κ2) is 6.15. The Morgan fingerprint density at radius 3 is 2.85 bits per heavy atom. The molecule has 20 heavy (non-hydrogen) atoms. The van der Waals surface area contributed by atoms with Crippen molar-refractivity contribution in [2.75, 3.05) is 0 Å². The van der Waals surface area contributed by atoms with Gasteiger partial charge in [-0.2, -0.15) is 0 Å². The number of hydrogen-bond acceptors (Lipinski definition) is 4. The summed E-state index contributed by atoms with van der Waals surface area (Å²) in [6.07, 6.45) is 4.27. The van der Waals surface area contributed by atoms with Gasteiger partial charge in [-0.15, -0.1) is 11.8 Å². The smallest absolute Gasteiger partial charge is 0.280 e. The lowest BCUT2D eigenvalue weighted by Crippen LogP contribution is -2.39. The van der Waals surface area contributed by atoms with Crippen LogP contribution in [-0.2, 0) is 11.8 Å². The van der Waals surface area contributed by atoms with Gasteiger partial charge in [-0.3, -0.25) is 14.8 Å². The van der Waals surface area contributed by atoms with Crippen LogP contribution in [0.3, 0.4) is 0 Å². The molecule has 0 fully saturated rings. The quantitative estimate of drug-likeness (QED) is 0.572. The van der Waals surface area contributed by atoms with Gasteiger partial charge in [-0.1, -0.05) is 6.08 Å². The third-order valence-electron chi connectivity index (χ3n) is 3.23. The minimum absolute atomic E-state index is 0.0809. The lowest BCUT2D eigenvalue weighted by atomic mass is 10.1. The minimum atomic E-state index is -0.501. The number of allylic oxidation sites excluding steroid dienone is 1. The van der Waals surface area contributed by atoms with E-state index in [-0.39, 0.29) is 17.2 Å². The van der Waals surface area contributed by atoms with Gasteiger partial charge in [0.1, 0.15) is 5.69 Å². The van der Waals surface area contributed by atoms with Gasteiger partial charge in [0.25, 0.3) is 11.8 Å². The Morgan fingerprint density at radius 1 is 1.50 bits per heavy atom. The number of nitrogens with zero attached hydrogens (tertiary/aromatic N) is 1. The van der Waals surface area contributed by atoms with E-state index in [4.69, 9.17) is 5.21 Å². The number of hydrogen-bond donors (Lipinski definition) is 3. The zero-order valence-corrected chi connectivity index (χ0v) is 12.1. The average molecular weight is 295 g/mol. The predicted octanol–water partition coefficient (Wildman–Crippen LogP) is 1.04. The summed E-state index contributed by atoms with van der Waals surface area (Å²) in [5.41, 5.74) is 2.22. The third-order valence-corrected chi connectivity index (χ3v) is 4.74. The molecule has 2 atom stereocenters. The minimum Gasteiger partial charge on any atom is -0.347 e. The second-order valence-electron chi connectivity index (χ2n) is 4.67. The van der Waals surface area contributed by atoms with E-state index in [9.17, 15) is 9.59 Å². The normalized spacial score (nSPS) is 19.4. The Kier molecular flexibility index (Phi) is 4.51. The highest BCUT2D eigenvalue weighted by molar-refractivity contribution is 8.04. The van der Waals surface area contributed by atoms with Crippen molar-refractivity contribution in [3.63, 3.8) is 0 Å². The Labute approximate surface area is 121 Å². The van der Waals surface area contributed by atoms with Crippen molar-refractivity contribution in [1.29, 1.82) is 0 Å². The molecule has 0 saturated heterocycles. The van der Waals surface area contributed by atoms with Crippen molar-refractivity contribution in [2.24, 2.45) is 7.05 Å². The summed E-state index contributed by atoms with van der Waals surface area (Å²) in [6.45, 7) is 1.91. The Bertz CT molecular complexity index is 553. The molecule has 0 radical (unpaired) electrons.